The molecule has 1 atom stereocenters. The van der Waals surface area contributed by atoms with Crippen molar-refractivity contribution in [3.63, 3.8) is 0 Å². The van der Waals surface area contributed by atoms with Crippen molar-refractivity contribution in [2.45, 2.75) is 90.5 Å². The molecule has 0 spiro atoms. The highest BCUT2D eigenvalue weighted by Crippen LogP contribution is 2.28. The Kier molecular flexibility index (Phi) is 30.2. The summed E-state index contributed by atoms with van der Waals surface area (Å²) in [7, 11) is 11.2. The second kappa shape index (κ2) is 38.8. The first-order chi connectivity index (χ1) is 46.2. The second-order valence-corrected chi connectivity index (χ2v) is 23.2. The Morgan fingerprint density at radius 2 is 0.958 bits per heavy atom. The van der Waals surface area contributed by atoms with Gasteiger partial charge in [-0.15, -0.1) is 0 Å². The first kappa shape index (κ1) is 74.7. The van der Waals surface area contributed by atoms with Crippen molar-refractivity contribution in [3.8, 4) is 23.0 Å². The Morgan fingerprint density at radius 3 is 1.39 bits per heavy atom. The second-order valence-electron chi connectivity index (χ2n) is 23.2. The van der Waals surface area contributed by atoms with E-state index < -0.39 is 23.9 Å². The van der Waals surface area contributed by atoms with Crippen molar-refractivity contribution in [1.82, 2.24) is 51.1 Å². The summed E-state index contributed by atoms with van der Waals surface area (Å²) in [6.07, 6.45) is 14.7. The van der Waals surface area contributed by atoms with Crippen molar-refractivity contribution in [2.24, 2.45) is 16.5 Å². The molecule has 0 unspecified atom stereocenters. The van der Waals surface area contributed by atoms with Crippen LogP contribution in [-0.2, 0) is 56.1 Å². The molecule has 3 amide bonds. The van der Waals surface area contributed by atoms with E-state index in [-0.39, 0.29) is 49.7 Å². The van der Waals surface area contributed by atoms with Gasteiger partial charge in [0.15, 0.2) is 0 Å². The van der Waals surface area contributed by atoms with E-state index in [1.54, 1.807) is 46.5 Å². The third-order valence-corrected chi connectivity index (χ3v) is 15.7. The fourth-order valence-electron chi connectivity index (χ4n) is 10.5. The fourth-order valence-corrected chi connectivity index (χ4v) is 10.5. The van der Waals surface area contributed by atoms with E-state index in [0.29, 0.717) is 51.3 Å². The lowest BCUT2D eigenvalue weighted by molar-refractivity contribution is -0.142. The van der Waals surface area contributed by atoms with Gasteiger partial charge in [0.2, 0.25) is 17.7 Å². The number of benzene rings is 5. The summed E-state index contributed by atoms with van der Waals surface area (Å²) >= 11 is 0. The lowest BCUT2D eigenvalue weighted by Gasteiger charge is -2.14. The fraction of sp³-hybridized carbons (Fsp3) is 0.361. The molecule has 0 fully saturated rings. The number of rotatable bonds is 29. The number of carboxylic acids is 2. The Balaban J connectivity index is 0.000000196. The Hall–Kier alpha value is -10.3. The van der Waals surface area contributed by atoms with Crippen LogP contribution in [0.1, 0.15) is 78.8 Å². The van der Waals surface area contributed by atoms with E-state index in [2.05, 4.69) is 113 Å². The van der Waals surface area contributed by atoms with Crippen LogP contribution >= 0.6 is 0 Å². The van der Waals surface area contributed by atoms with Crippen LogP contribution in [0.2, 0.25) is 0 Å². The molecular formula is C72H95N13O11. The third-order valence-electron chi connectivity index (χ3n) is 15.7. The van der Waals surface area contributed by atoms with E-state index in [1.165, 1.54) is 49.4 Å². The Bertz CT molecular complexity index is 4140. The highest BCUT2D eigenvalue weighted by Gasteiger charge is 2.20. The number of phenolic OH excluding ortho intramolecular Hbond substituents is 1. The number of ether oxygens (including phenoxy) is 3. The van der Waals surface area contributed by atoms with Crippen LogP contribution in [0.25, 0.3) is 54.5 Å². The number of nitrogens with two attached hydrogens (primary N) is 2. The van der Waals surface area contributed by atoms with Gasteiger partial charge in [0.05, 0.1) is 33.6 Å². The zero-order valence-corrected chi connectivity index (χ0v) is 56.3. The maximum absolute atomic E-state index is 12.0. The van der Waals surface area contributed by atoms with Crippen LogP contribution in [0.5, 0.6) is 23.0 Å². The first-order valence-corrected chi connectivity index (χ1v) is 32.0. The Morgan fingerprint density at radius 1 is 0.552 bits per heavy atom. The molecule has 0 aliphatic heterocycles. The molecule has 10 aromatic rings. The molecular weight excluding hydrogens is 1220 g/mol. The smallest absolute Gasteiger partial charge is 0.326 e. The van der Waals surface area contributed by atoms with Crippen molar-refractivity contribution in [2.75, 3.05) is 81.7 Å². The number of aromatic nitrogens is 5. The average Bonchev–Trinajstić information content (AvgIpc) is 1.74. The first-order valence-electron chi connectivity index (χ1n) is 32.0. The molecule has 16 N–H and O–H groups in total. The van der Waals surface area contributed by atoms with Gasteiger partial charge in [-0.1, -0.05) is 11.6 Å². The lowest BCUT2D eigenvalue weighted by atomic mass is 10.1. The zero-order valence-electron chi connectivity index (χ0n) is 56.3. The molecule has 0 radical (unpaired) electrons. The summed E-state index contributed by atoms with van der Waals surface area (Å²) < 4.78 is 15.6. The highest BCUT2D eigenvalue weighted by atomic mass is 16.5. The molecule has 0 bridgehead atoms. The number of methoxy groups -OCH3 is 3. The number of nitrogens with one attached hydrogen (secondary N) is 9. The number of amidine groups is 1. The number of aromatic amines is 5. The normalized spacial score (nSPS) is 11.4. The number of likely N-dealkylation sites (N-methyl/N-ethyl adjacent to an activating group) is 2. The molecule has 5 aromatic heterocycles. The maximum Gasteiger partial charge on any atom is 0.326 e. The van der Waals surface area contributed by atoms with Crippen LogP contribution < -0.4 is 46.9 Å². The van der Waals surface area contributed by atoms with Crippen LogP contribution in [0.3, 0.4) is 0 Å². The molecule has 0 aliphatic carbocycles. The highest BCUT2D eigenvalue weighted by molar-refractivity contribution is 5.89. The number of aryl methyl sites for hydroxylation is 1. The number of aromatic hydroxyl groups is 1. The van der Waals surface area contributed by atoms with Gasteiger partial charge in [-0.25, -0.2) is 4.79 Å². The molecule has 24 heteroatoms. The molecule has 0 saturated carbocycles. The standard InChI is InChI=1S/C22H31N5O4.C14H16N2O4.C13H18N2O.C12H16N2O.C11H14N2O/c1-14-5-6-18-17(12-14)16(13-26-18)9-11-25-20(28)7-8-21(29)27-19(22(30)31)4-3-10-24-15(2)23;17-10-1-2-12-11(7-10)9(8-16-12)5-6-15-13(18)3-4-14(19)20;1-15(2)7-6-10-9-14-13-5-4-11(16-3)8-12(10)13;1-13-6-5-9-8-14-12-4-3-10(15-2)7-11(9)12;1-14-9-2-3-11-10(6-9)8(4-5-12)7-13-11/h5-6,12-13,19,26H,3-4,7-11H2,1-2H3,(H2,23,24)(H,25,28)(H,27,29)(H,30,31);1-2,7-8,16-17H,3-6H2,(H,15,18)(H,19,20);4-5,8-9,14H,6-7H2,1-3H3;3-4,7-8,13-14H,5-6H2,1-2H3;2-3,6-7,13H,4-5,12H2,1H3/t19-;;;;/m0..../s1. The number of amides is 3. The number of H-pyrrole nitrogens is 5. The Labute approximate surface area is 559 Å². The minimum atomic E-state index is -1.11. The summed E-state index contributed by atoms with van der Waals surface area (Å²) in [5, 5.41) is 44.1. The van der Waals surface area contributed by atoms with E-state index in [0.717, 1.165) is 88.0 Å². The number of carbonyl (C=O) groups is 5. The lowest BCUT2D eigenvalue weighted by Crippen LogP contribution is -2.41. The molecule has 5 aromatic carbocycles. The monoisotopic (exact) mass is 1320 g/mol. The molecule has 514 valence electrons. The van der Waals surface area contributed by atoms with Crippen LogP contribution in [0, 0.1) is 6.92 Å². The van der Waals surface area contributed by atoms with Gasteiger partial charge in [-0.3, -0.25) is 24.2 Å². The minimum Gasteiger partial charge on any atom is -0.508 e. The SMILES string of the molecule is CC(N)=NCCC[C@H](NC(=O)CCC(=O)NCCc1c[nH]c2ccc(C)cc12)C(=O)O.CNCCc1c[nH]c2ccc(OC)cc12.COc1ccc2[nH]cc(CCN(C)C)c2c1.COc1ccc2[nH]cc(CCN)c2c1.O=C(O)CCC(=O)NCCc1c[nH]c2ccc(O)cc12. The van der Waals surface area contributed by atoms with Crippen molar-refractivity contribution >= 4 is 90.0 Å². The summed E-state index contributed by atoms with van der Waals surface area (Å²) in [4.78, 5) is 79.4. The van der Waals surface area contributed by atoms with Crippen LogP contribution in [-0.4, -0.2) is 168 Å². The van der Waals surface area contributed by atoms with E-state index in [4.69, 9.17) is 30.8 Å². The van der Waals surface area contributed by atoms with E-state index in [1.807, 2.05) is 75.0 Å². The van der Waals surface area contributed by atoms with Gasteiger partial charge >= 0.3 is 11.9 Å². The quantitative estimate of drug-likeness (QED) is 0.0118. The summed E-state index contributed by atoms with van der Waals surface area (Å²) in [6, 6.07) is 28.5. The van der Waals surface area contributed by atoms with Crippen molar-refractivity contribution < 1.29 is 53.5 Å². The molecule has 5 heterocycles. The predicted octanol–water partition coefficient (Wildman–Crippen LogP) is 8.94. The van der Waals surface area contributed by atoms with Crippen LogP contribution in [0.4, 0.5) is 0 Å². The number of aliphatic carboxylic acids is 2. The minimum absolute atomic E-state index is 0.00181. The topological polar surface area (TPSA) is 368 Å². The predicted molar refractivity (Wildman–Crippen MR) is 381 cm³/mol. The number of carboxylic acid groups (broad SMARTS) is 2. The number of phenols is 1. The number of hydrogen-bond acceptors (Lipinski definition) is 13. The van der Waals surface area contributed by atoms with Gasteiger partial charge in [0.25, 0.3) is 0 Å². The third kappa shape index (κ3) is 23.9. The molecule has 24 nitrogen and oxygen atoms in total. The summed E-state index contributed by atoms with van der Waals surface area (Å²) in [5.74, 6) is 0.272. The number of aliphatic imine (C=N–C) groups is 1. The molecule has 0 aliphatic rings. The van der Waals surface area contributed by atoms with Gasteiger partial charge in [0.1, 0.15) is 29.0 Å². The molecule has 0 saturated heterocycles. The number of carbonyl (C=O) groups excluding carboxylic acids is 3. The van der Waals surface area contributed by atoms with Crippen molar-refractivity contribution in [3.05, 3.63) is 155 Å². The van der Waals surface area contributed by atoms with E-state index >= 15 is 0 Å². The molecule has 96 heavy (non-hydrogen) atoms. The van der Waals surface area contributed by atoms with Crippen LogP contribution in [0.15, 0.2) is 127 Å². The zero-order chi connectivity index (χ0) is 69.5. The van der Waals surface area contributed by atoms with Gasteiger partial charge in [-0.2, -0.15) is 0 Å². The van der Waals surface area contributed by atoms with Gasteiger partial charge < -0.3 is 92.1 Å². The largest absolute Gasteiger partial charge is 0.508 e. The van der Waals surface area contributed by atoms with E-state index in [9.17, 15) is 34.2 Å². The van der Waals surface area contributed by atoms with Gasteiger partial charge in [0, 0.05) is 131 Å². The number of nitrogens with zero attached hydrogens (tertiary/aromatic N) is 2. The summed E-state index contributed by atoms with van der Waals surface area (Å²) in [6.45, 7) is 7.70. The van der Waals surface area contributed by atoms with Gasteiger partial charge in [-0.05, 0) is 206 Å². The van der Waals surface area contributed by atoms with Crippen molar-refractivity contribution in [1.29, 1.82) is 0 Å². The summed E-state index contributed by atoms with van der Waals surface area (Å²) in [5.41, 5.74) is 23.7. The number of fused-ring (bicyclic) bond motifs is 5. The molecule has 10 rings (SSSR count). The maximum atomic E-state index is 12.0. The number of hydrogen-bond donors (Lipinski definition) is 14. The average molecular weight is 1320 g/mol.